The van der Waals surface area contributed by atoms with Crippen LogP contribution in [0, 0.1) is 17.8 Å². The minimum atomic E-state index is -0.629. The molecule has 21 heavy (non-hydrogen) atoms. The van der Waals surface area contributed by atoms with E-state index in [1.165, 1.54) is 0 Å². The van der Waals surface area contributed by atoms with Gasteiger partial charge in [0.2, 0.25) is 0 Å². The lowest BCUT2D eigenvalue weighted by molar-refractivity contribution is -0.145. The number of rotatable bonds is 6. The van der Waals surface area contributed by atoms with Crippen molar-refractivity contribution in [1.82, 2.24) is 9.78 Å². The smallest absolute Gasteiger partial charge is 0.306 e. The van der Waals surface area contributed by atoms with Gasteiger partial charge in [0.25, 0.3) is 0 Å². The van der Waals surface area contributed by atoms with Gasteiger partial charge in [-0.2, -0.15) is 5.10 Å². The minimum absolute atomic E-state index is 0.193. The summed E-state index contributed by atoms with van der Waals surface area (Å²) in [5.41, 5.74) is 1.04. The average molecular weight is 292 g/mol. The third kappa shape index (κ3) is 3.86. The molecule has 0 saturated heterocycles. The van der Waals surface area contributed by atoms with E-state index in [0.717, 1.165) is 44.2 Å². The van der Waals surface area contributed by atoms with E-state index in [-0.39, 0.29) is 11.8 Å². The molecule has 1 aromatic rings. The third-order valence-electron chi connectivity index (χ3n) is 5.16. The van der Waals surface area contributed by atoms with Crippen molar-refractivity contribution in [1.29, 1.82) is 0 Å². The molecule has 1 aliphatic carbocycles. The first kappa shape index (κ1) is 16.1. The highest BCUT2D eigenvalue weighted by Crippen LogP contribution is 2.37. The van der Waals surface area contributed by atoms with E-state index in [4.69, 9.17) is 0 Å². The summed E-state index contributed by atoms with van der Waals surface area (Å²) >= 11 is 0. The molecule has 1 aromatic heterocycles. The zero-order valence-corrected chi connectivity index (χ0v) is 13.5. The molecule has 1 aliphatic rings. The second kappa shape index (κ2) is 7.10. The van der Waals surface area contributed by atoms with Crippen LogP contribution in [0.1, 0.15) is 64.6 Å². The molecular formula is C17H28N2O2. The molecule has 0 amide bonds. The first-order valence-electron chi connectivity index (χ1n) is 8.31. The summed E-state index contributed by atoms with van der Waals surface area (Å²) in [6.07, 6.45) is 7.96. The van der Waals surface area contributed by atoms with Gasteiger partial charge in [0.15, 0.2) is 0 Å². The summed E-state index contributed by atoms with van der Waals surface area (Å²) in [5, 5.41) is 14.1. The fourth-order valence-electron chi connectivity index (χ4n) is 3.47. The van der Waals surface area contributed by atoms with Crippen molar-refractivity contribution < 1.29 is 9.90 Å². The van der Waals surface area contributed by atoms with Crippen LogP contribution in [0.15, 0.2) is 12.3 Å². The summed E-state index contributed by atoms with van der Waals surface area (Å²) < 4.78 is 2.01. The van der Waals surface area contributed by atoms with Crippen molar-refractivity contribution in [2.45, 2.75) is 65.3 Å². The Morgan fingerprint density at radius 3 is 2.86 bits per heavy atom. The molecule has 4 nitrogen and oxygen atoms in total. The van der Waals surface area contributed by atoms with E-state index in [0.29, 0.717) is 12.0 Å². The summed E-state index contributed by atoms with van der Waals surface area (Å²) in [5.74, 6) is 0.0983. The molecule has 0 aromatic carbocycles. The molecular weight excluding hydrogens is 264 g/mol. The van der Waals surface area contributed by atoms with Crippen LogP contribution in [0.4, 0.5) is 0 Å². The van der Waals surface area contributed by atoms with Gasteiger partial charge in [-0.3, -0.25) is 9.48 Å². The first-order valence-corrected chi connectivity index (χ1v) is 8.31. The second-order valence-electron chi connectivity index (χ2n) is 6.54. The molecule has 4 atom stereocenters. The van der Waals surface area contributed by atoms with Gasteiger partial charge in [0.1, 0.15) is 0 Å². The fourth-order valence-corrected chi connectivity index (χ4v) is 3.47. The molecule has 1 saturated carbocycles. The fraction of sp³-hybridized carbons (Fsp3) is 0.765. The molecule has 4 unspecified atom stereocenters. The second-order valence-corrected chi connectivity index (χ2v) is 6.54. The molecule has 4 heteroatoms. The lowest BCUT2D eigenvalue weighted by Crippen LogP contribution is -2.32. The van der Waals surface area contributed by atoms with Crippen LogP contribution in [0.5, 0.6) is 0 Å². The van der Waals surface area contributed by atoms with Crippen molar-refractivity contribution in [2.75, 3.05) is 0 Å². The highest BCUT2D eigenvalue weighted by Gasteiger charge is 2.34. The number of carbonyl (C=O) groups is 1. The quantitative estimate of drug-likeness (QED) is 0.864. The molecule has 0 spiro atoms. The first-order chi connectivity index (χ1) is 10.0. The zero-order valence-electron chi connectivity index (χ0n) is 13.5. The minimum Gasteiger partial charge on any atom is -0.481 e. The monoisotopic (exact) mass is 292 g/mol. The van der Waals surface area contributed by atoms with Crippen molar-refractivity contribution >= 4 is 5.97 Å². The Kier molecular flexibility index (Phi) is 5.43. The van der Waals surface area contributed by atoms with Gasteiger partial charge >= 0.3 is 5.97 Å². The van der Waals surface area contributed by atoms with Crippen LogP contribution >= 0.6 is 0 Å². The zero-order chi connectivity index (χ0) is 15.4. The van der Waals surface area contributed by atoms with Gasteiger partial charge in [-0.15, -0.1) is 0 Å². The van der Waals surface area contributed by atoms with Gasteiger partial charge in [-0.1, -0.05) is 20.3 Å². The summed E-state index contributed by atoms with van der Waals surface area (Å²) in [6.45, 7) is 6.52. The van der Waals surface area contributed by atoms with E-state index in [2.05, 4.69) is 31.9 Å². The van der Waals surface area contributed by atoms with Crippen LogP contribution in [0.25, 0.3) is 0 Å². The molecule has 118 valence electrons. The molecule has 0 aliphatic heterocycles. The van der Waals surface area contributed by atoms with Gasteiger partial charge < -0.3 is 5.11 Å². The Morgan fingerprint density at radius 2 is 2.24 bits per heavy atom. The van der Waals surface area contributed by atoms with Crippen LogP contribution in [0.3, 0.4) is 0 Å². The Labute approximate surface area is 127 Å². The topological polar surface area (TPSA) is 55.1 Å². The number of hydrogen-bond acceptors (Lipinski definition) is 2. The molecule has 0 radical (unpaired) electrons. The van der Waals surface area contributed by atoms with Crippen LogP contribution < -0.4 is 0 Å². The molecule has 1 N–H and O–H groups in total. The predicted molar refractivity (Wildman–Crippen MR) is 83.2 cm³/mol. The maximum Gasteiger partial charge on any atom is 0.306 e. The standard InChI is InChI=1S/C17H28N2O2/c1-4-12(3)19-9-8-15(18-19)11-14-10-13(5-2)6-7-16(14)17(20)21/h8-9,12-14,16H,4-7,10-11H2,1-3H3,(H,20,21). The Hall–Kier alpha value is -1.32. The average Bonchev–Trinajstić information content (AvgIpc) is 2.94. The largest absolute Gasteiger partial charge is 0.481 e. The number of nitrogens with zero attached hydrogens (tertiary/aromatic N) is 2. The number of carboxylic acids is 1. The predicted octanol–water partition coefficient (Wildman–Crippen LogP) is 3.92. The number of aromatic nitrogens is 2. The van der Waals surface area contributed by atoms with Gasteiger partial charge in [0, 0.05) is 12.2 Å². The van der Waals surface area contributed by atoms with Crippen LogP contribution in [0.2, 0.25) is 0 Å². The normalized spacial score (nSPS) is 27.5. The van der Waals surface area contributed by atoms with Gasteiger partial charge in [-0.05, 0) is 56.9 Å². The Morgan fingerprint density at radius 1 is 1.48 bits per heavy atom. The Bertz CT molecular complexity index is 469. The van der Waals surface area contributed by atoms with E-state index < -0.39 is 5.97 Å². The SMILES string of the molecule is CCC1CCC(C(=O)O)C(Cc2ccn(C(C)CC)n2)C1. The summed E-state index contributed by atoms with van der Waals surface area (Å²) in [4.78, 5) is 11.5. The van der Waals surface area contributed by atoms with E-state index in [1.54, 1.807) is 0 Å². The maximum absolute atomic E-state index is 11.5. The lowest BCUT2D eigenvalue weighted by atomic mass is 9.71. The molecule has 2 rings (SSSR count). The number of aliphatic carboxylic acids is 1. The van der Waals surface area contributed by atoms with Gasteiger partial charge in [0.05, 0.1) is 11.6 Å². The number of hydrogen-bond donors (Lipinski definition) is 1. The van der Waals surface area contributed by atoms with E-state index in [9.17, 15) is 9.90 Å². The van der Waals surface area contributed by atoms with Crippen LogP contribution in [-0.4, -0.2) is 20.9 Å². The molecule has 1 fully saturated rings. The van der Waals surface area contributed by atoms with Crippen molar-refractivity contribution in [2.24, 2.45) is 17.8 Å². The van der Waals surface area contributed by atoms with E-state index >= 15 is 0 Å². The summed E-state index contributed by atoms with van der Waals surface area (Å²) in [7, 11) is 0. The van der Waals surface area contributed by atoms with Crippen molar-refractivity contribution in [3.8, 4) is 0 Å². The van der Waals surface area contributed by atoms with Crippen LogP contribution in [-0.2, 0) is 11.2 Å². The highest BCUT2D eigenvalue weighted by molar-refractivity contribution is 5.70. The van der Waals surface area contributed by atoms with E-state index in [1.807, 2.05) is 10.9 Å². The van der Waals surface area contributed by atoms with Crippen molar-refractivity contribution in [3.63, 3.8) is 0 Å². The highest BCUT2D eigenvalue weighted by atomic mass is 16.4. The number of carboxylic acid groups (broad SMARTS) is 1. The molecule has 0 bridgehead atoms. The summed E-state index contributed by atoms with van der Waals surface area (Å²) in [6, 6.07) is 2.46. The van der Waals surface area contributed by atoms with Gasteiger partial charge in [-0.25, -0.2) is 0 Å². The maximum atomic E-state index is 11.5. The third-order valence-corrected chi connectivity index (χ3v) is 5.16. The Balaban J connectivity index is 2.06. The van der Waals surface area contributed by atoms with Crippen molar-refractivity contribution in [3.05, 3.63) is 18.0 Å². The lowest BCUT2D eigenvalue weighted by Gasteiger charge is -2.33. The molecule has 1 heterocycles.